The van der Waals surface area contributed by atoms with Crippen LogP contribution in [0.5, 0.6) is 5.75 Å². The predicted molar refractivity (Wildman–Crippen MR) is 85.5 cm³/mol. The maximum Gasteiger partial charge on any atom is 0.573 e. The second-order valence-electron chi connectivity index (χ2n) is 5.76. The van der Waals surface area contributed by atoms with Gasteiger partial charge in [-0.2, -0.15) is 5.10 Å². The molecule has 0 fully saturated rings. The number of rotatable bonds is 9. The molecule has 1 heterocycles. The Morgan fingerprint density at radius 2 is 1.88 bits per heavy atom. The summed E-state index contributed by atoms with van der Waals surface area (Å²) in [7, 11) is 2.01. The van der Waals surface area contributed by atoms with Crippen molar-refractivity contribution in [2.75, 3.05) is 13.6 Å². The average Bonchev–Trinajstić information content (AvgIpc) is 3.01. The van der Waals surface area contributed by atoms with Crippen molar-refractivity contribution in [3.05, 3.63) is 48.3 Å². The highest BCUT2D eigenvalue weighted by atomic mass is 19.4. The predicted octanol–water partition coefficient (Wildman–Crippen LogP) is 4.08. The second-order valence-corrected chi connectivity index (χ2v) is 5.76. The SMILES string of the molecule is CN(CCCCCn1cccn1)Cc1ccc(OC(F)(F)F)cc1. The number of halogens is 3. The molecule has 0 radical (unpaired) electrons. The smallest absolute Gasteiger partial charge is 0.406 e. The van der Waals surface area contributed by atoms with Crippen LogP contribution in [0.3, 0.4) is 0 Å². The van der Waals surface area contributed by atoms with Crippen molar-refractivity contribution >= 4 is 0 Å². The number of unbranched alkanes of at least 4 members (excludes halogenated alkanes) is 2. The van der Waals surface area contributed by atoms with E-state index in [1.807, 2.05) is 24.0 Å². The van der Waals surface area contributed by atoms with Crippen LogP contribution in [0.15, 0.2) is 42.7 Å². The Morgan fingerprint density at radius 1 is 1.12 bits per heavy atom. The van der Waals surface area contributed by atoms with Crippen LogP contribution in [0.2, 0.25) is 0 Å². The lowest BCUT2D eigenvalue weighted by atomic mass is 10.2. The fraction of sp³-hybridized carbons (Fsp3) is 0.471. The number of hydrogen-bond acceptors (Lipinski definition) is 3. The van der Waals surface area contributed by atoms with Gasteiger partial charge in [0.1, 0.15) is 5.75 Å². The summed E-state index contributed by atoms with van der Waals surface area (Å²) in [5.41, 5.74) is 0.962. The molecular formula is C17H22F3N3O. The summed E-state index contributed by atoms with van der Waals surface area (Å²) < 4.78 is 42.1. The molecule has 0 saturated carbocycles. The lowest BCUT2D eigenvalue weighted by Gasteiger charge is -2.17. The first kappa shape index (κ1) is 18.3. The zero-order chi connectivity index (χ0) is 17.4. The van der Waals surface area contributed by atoms with E-state index in [1.54, 1.807) is 18.3 Å². The van der Waals surface area contributed by atoms with Crippen molar-refractivity contribution in [1.82, 2.24) is 14.7 Å². The van der Waals surface area contributed by atoms with Gasteiger partial charge in [-0.3, -0.25) is 4.68 Å². The molecule has 0 aliphatic heterocycles. The first-order valence-electron chi connectivity index (χ1n) is 7.93. The van der Waals surface area contributed by atoms with Crippen LogP contribution in [0, 0.1) is 0 Å². The van der Waals surface area contributed by atoms with E-state index in [-0.39, 0.29) is 5.75 Å². The Labute approximate surface area is 139 Å². The monoisotopic (exact) mass is 341 g/mol. The molecule has 132 valence electrons. The maximum absolute atomic E-state index is 12.1. The maximum atomic E-state index is 12.1. The molecule has 0 amide bonds. The normalized spacial score (nSPS) is 11.9. The lowest BCUT2D eigenvalue weighted by molar-refractivity contribution is -0.274. The molecule has 7 heteroatoms. The lowest BCUT2D eigenvalue weighted by Crippen LogP contribution is -2.19. The summed E-state index contributed by atoms with van der Waals surface area (Å²) in [5.74, 6) is -0.187. The summed E-state index contributed by atoms with van der Waals surface area (Å²) in [4.78, 5) is 2.16. The third kappa shape index (κ3) is 7.04. The number of aryl methyl sites for hydroxylation is 1. The molecule has 0 saturated heterocycles. The number of alkyl halides is 3. The summed E-state index contributed by atoms with van der Waals surface area (Å²) in [6, 6.07) is 7.94. The Balaban J connectivity index is 1.63. The third-order valence-corrected chi connectivity index (χ3v) is 3.60. The van der Waals surface area contributed by atoms with Crippen molar-refractivity contribution in [3.63, 3.8) is 0 Å². The van der Waals surface area contributed by atoms with Gasteiger partial charge in [0.2, 0.25) is 0 Å². The molecule has 0 N–H and O–H groups in total. The van der Waals surface area contributed by atoms with Gasteiger partial charge in [-0.05, 0) is 50.2 Å². The van der Waals surface area contributed by atoms with Gasteiger partial charge >= 0.3 is 6.36 Å². The van der Waals surface area contributed by atoms with E-state index < -0.39 is 6.36 Å². The number of benzene rings is 1. The second kappa shape index (κ2) is 8.73. The minimum Gasteiger partial charge on any atom is -0.406 e. The zero-order valence-electron chi connectivity index (χ0n) is 13.7. The zero-order valence-corrected chi connectivity index (χ0v) is 13.7. The van der Waals surface area contributed by atoms with E-state index in [2.05, 4.69) is 14.7 Å². The van der Waals surface area contributed by atoms with Crippen LogP contribution < -0.4 is 4.74 Å². The Kier molecular flexibility index (Phi) is 6.66. The molecule has 2 rings (SSSR count). The molecule has 2 aromatic rings. The summed E-state index contributed by atoms with van der Waals surface area (Å²) >= 11 is 0. The van der Waals surface area contributed by atoms with Gasteiger partial charge in [0, 0.05) is 25.5 Å². The molecule has 4 nitrogen and oxygen atoms in total. The van der Waals surface area contributed by atoms with Gasteiger partial charge in [0.15, 0.2) is 0 Å². The van der Waals surface area contributed by atoms with Crippen LogP contribution >= 0.6 is 0 Å². The molecule has 0 bridgehead atoms. The van der Waals surface area contributed by atoms with E-state index >= 15 is 0 Å². The Bertz CT molecular complexity index is 582. The van der Waals surface area contributed by atoms with Crippen LogP contribution in [0.4, 0.5) is 13.2 Å². The standard InChI is InChI=1S/C17H22F3N3O/c1-22(11-3-2-4-12-23-13-5-10-21-23)14-15-6-8-16(9-7-15)24-17(18,19)20/h5-10,13H,2-4,11-12,14H2,1H3. The van der Waals surface area contributed by atoms with E-state index in [4.69, 9.17) is 0 Å². The summed E-state index contributed by atoms with van der Waals surface area (Å²) in [5, 5.41) is 4.16. The average molecular weight is 341 g/mol. The van der Waals surface area contributed by atoms with Crippen LogP contribution in [0.25, 0.3) is 0 Å². The van der Waals surface area contributed by atoms with Gasteiger partial charge in [0.05, 0.1) is 0 Å². The molecule has 0 aliphatic carbocycles. The number of nitrogens with zero attached hydrogens (tertiary/aromatic N) is 3. The molecule has 0 unspecified atom stereocenters. The molecular weight excluding hydrogens is 319 g/mol. The molecule has 1 aromatic carbocycles. The Hall–Kier alpha value is -2.02. The van der Waals surface area contributed by atoms with Crippen LogP contribution in [-0.2, 0) is 13.1 Å². The summed E-state index contributed by atoms with van der Waals surface area (Å²) in [6.45, 7) is 2.57. The van der Waals surface area contributed by atoms with Crippen molar-refractivity contribution in [2.45, 2.75) is 38.7 Å². The van der Waals surface area contributed by atoms with Crippen molar-refractivity contribution in [1.29, 1.82) is 0 Å². The number of ether oxygens (including phenoxy) is 1. The third-order valence-electron chi connectivity index (χ3n) is 3.60. The highest BCUT2D eigenvalue weighted by Gasteiger charge is 2.30. The highest BCUT2D eigenvalue weighted by Crippen LogP contribution is 2.23. The van der Waals surface area contributed by atoms with Gasteiger partial charge < -0.3 is 9.64 Å². The van der Waals surface area contributed by atoms with Crippen molar-refractivity contribution in [3.8, 4) is 5.75 Å². The minimum absolute atomic E-state index is 0.187. The summed E-state index contributed by atoms with van der Waals surface area (Å²) in [6.07, 6.45) is 2.36. The minimum atomic E-state index is -4.64. The van der Waals surface area contributed by atoms with Crippen LogP contribution in [0.1, 0.15) is 24.8 Å². The molecule has 0 aliphatic rings. The first-order chi connectivity index (χ1) is 11.4. The van der Waals surface area contributed by atoms with Crippen molar-refractivity contribution in [2.24, 2.45) is 0 Å². The largest absolute Gasteiger partial charge is 0.573 e. The molecule has 0 spiro atoms. The first-order valence-corrected chi connectivity index (χ1v) is 7.93. The van der Waals surface area contributed by atoms with E-state index in [9.17, 15) is 13.2 Å². The quantitative estimate of drug-likeness (QED) is 0.644. The Morgan fingerprint density at radius 3 is 2.50 bits per heavy atom. The fourth-order valence-electron chi connectivity index (χ4n) is 2.45. The van der Waals surface area contributed by atoms with Crippen LogP contribution in [-0.4, -0.2) is 34.6 Å². The number of hydrogen-bond donors (Lipinski definition) is 0. The number of aromatic nitrogens is 2. The topological polar surface area (TPSA) is 30.3 Å². The van der Waals surface area contributed by atoms with Gasteiger partial charge in [0.25, 0.3) is 0 Å². The van der Waals surface area contributed by atoms with Gasteiger partial charge in [-0.15, -0.1) is 13.2 Å². The van der Waals surface area contributed by atoms with Gasteiger partial charge in [-0.1, -0.05) is 18.6 Å². The van der Waals surface area contributed by atoms with E-state index in [0.29, 0.717) is 6.54 Å². The fourth-order valence-corrected chi connectivity index (χ4v) is 2.45. The van der Waals surface area contributed by atoms with E-state index in [1.165, 1.54) is 12.1 Å². The van der Waals surface area contributed by atoms with E-state index in [0.717, 1.165) is 37.9 Å². The molecule has 0 atom stereocenters. The van der Waals surface area contributed by atoms with Gasteiger partial charge in [-0.25, -0.2) is 0 Å². The van der Waals surface area contributed by atoms with Crippen molar-refractivity contribution < 1.29 is 17.9 Å². The molecule has 24 heavy (non-hydrogen) atoms. The molecule has 1 aromatic heterocycles. The highest BCUT2D eigenvalue weighted by molar-refractivity contribution is 5.27.